The molecule has 2 aromatic rings. The van der Waals surface area contributed by atoms with Crippen LogP contribution < -0.4 is 15.4 Å². The Hall–Kier alpha value is -2.49. The minimum atomic E-state index is 0.0183. The van der Waals surface area contributed by atoms with E-state index in [1.54, 1.807) is 14.2 Å². The molecule has 0 aliphatic heterocycles. The van der Waals surface area contributed by atoms with E-state index in [0.29, 0.717) is 13.0 Å². The largest absolute Gasteiger partial charge is 0.496 e. The van der Waals surface area contributed by atoms with Crippen LogP contribution in [0.5, 0.6) is 5.75 Å². The van der Waals surface area contributed by atoms with Gasteiger partial charge in [0, 0.05) is 24.8 Å². The zero-order valence-corrected chi connectivity index (χ0v) is 12.3. The zero-order valence-electron chi connectivity index (χ0n) is 12.3. The lowest BCUT2D eigenvalue weighted by Crippen LogP contribution is -2.19. The summed E-state index contributed by atoms with van der Waals surface area (Å²) in [6, 6.07) is 15.8. The van der Waals surface area contributed by atoms with Crippen molar-refractivity contribution in [2.24, 2.45) is 0 Å². The van der Waals surface area contributed by atoms with E-state index in [4.69, 9.17) is 4.74 Å². The number of anilines is 1. The second-order valence-electron chi connectivity index (χ2n) is 4.71. The van der Waals surface area contributed by atoms with Gasteiger partial charge in [0.05, 0.1) is 13.5 Å². The number of carbonyl (C=O) groups is 1. The Labute approximate surface area is 125 Å². The molecule has 0 heterocycles. The molecule has 0 radical (unpaired) electrons. The van der Waals surface area contributed by atoms with Crippen LogP contribution in [0.25, 0.3) is 0 Å². The van der Waals surface area contributed by atoms with Crippen LogP contribution in [-0.4, -0.2) is 20.1 Å². The van der Waals surface area contributed by atoms with Gasteiger partial charge in [-0.15, -0.1) is 0 Å². The molecule has 4 heteroatoms. The number of likely N-dealkylation sites (N-methyl/N-ethyl adjacent to an activating group) is 1. The van der Waals surface area contributed by atoms with Crippen molar-refractivity contribution in [1.29, 1.82) is 0 Å². The fourth-order valence-electron chi connectivity index (χ4n) is 2.06. The van der Waals surface area contributed by atoms with Crippen molar-refractivity contribution in [3.8, 4) is 5.75 Å². The predicted octanol–water partition coefficient (Wildman–Crippen LogP) is 2.60. The van der Waals surface area contributed by atoms with E-state index in [1.807, 2.05) is 48.5 Å². The molecular formula is C17H20N2O2. The Bertz CT molecular complexity index is 594. The molecule has 0 saturated heterocycles. The molecule has 0 aliphatic rings. The number of hydrogen-bond acceptors (Lipinski definition) is 3. The van der Waals surface area contributed by atoms with E-state index in [0.717, 1.165) is 22.6 Å². The molecular weight excluding hydrogens is 264 g/mol. The van der Waals surface area contributed by atoms with E-state index < -0.39 is 0 Å². The average molecular weight is 284 g/mol. The number of hydrogen-bond donors (Lipinski definition) is 2. The first-order valence-electron chi connectivity index (χ1n) is 6.88. The molecule has 0 atom stereocenters. The standard InChI is InChI=1S/C17H20N2O2/c1-18-17(20)11-13-7-9-15(10-8-13)19-12-14-5-3-4-6-16(14)21-2/h3-10,19H,11-12H2,1-2H3,(H,18,20). The van der Waals surface area contributed by atoms with Gasteiger partial charge in [-0.05, 0) is 23.8 Å². The predicted molar refractivity (Wildman–Crippen MR) is 84.5 cm³/mol. The van der Waals surface area contributed by atoms with Crippen LogP contribution in [0.4, 0.5) is 5.69 Å². The molecule has 0 aromatic heterocycles. The van der Waals surface area contributed by atoms with E-state index in [1.165, 1.54) is 0 Å². The van der Waals surface area contributed by atoms with Crippen LogP contribution in [0.2, 0.25) is 0 Å². The van der Waals surface area contributed by atoms with Gasteiger partial charge >= 0.3 is 0 Å². The molecule has 1 amide bonds. The lowest BCUT2D eigenvalue weighted by molar-refractivity contribution is -0.119. The maximum absolute atomic E-state index is 11.3. The van der Waals surface area contributed by atoms with Crippen molar-refractivity contribution in [2.75, 3.05) is 19.5 Å². The Morgan fingerprint density at radius 3 is 2.48 bits per heavy atom. The zero-order chi connectivity index (χ0) is 15.1. The Kier molecular flexibility index (Phi) is 5.21. The third-order valence-electron chi connectivity index (χ3n) is 3.27. The molecule has 110 valence electrons. The Morgan fingerprint density at radius 1 is 1.10 bits per heavy atom. The lowest BCUT2D eigenvalue weighted by Gasteiger charge is -2.11. The van der Waals surface area contributed by atoms with E-state index >= 15 is 0 Å². The van der Waals surface area contributed by atoms with Crippen LogP contribution in [0, 0.1) is 0 Å². The fraction of sp³-hybridized carbons (Fsp3) is 0.235. The van der Waals surface area contributed by atoms with Crippen molar-refractivity contribution in [1.82, 2.24) is 5.32 Å². The summed E-state index contributed by atoms with van der Waals surface area (Å²) in [5.41, 5.74) is 3.12. The summed E-state index contributed by atoms with van der Waals surface area (Å²) in [5, 5.41) is 5.97. The molecule has 0 bridgehead atoms. The number of rotatable bonds is 6. The van der Waals surface area contributed by atoms with Crippen LogP contribution in [0.3, 0.4) is 0 Å². The summed E-state index contributed by atoms with van der Waals surface area (Å²) in [4.78, 5) is 11.3. The van der Waals surface area contributed by atoms with Gasteiger partial charge in [0.15, 0.2) is 0 Å². The normalized spacial score (nSPS) is 10.0. The Morgan fingerprint density at radius 2 is 1.81 bits per heavy atom. The number of amides is 1. The van der Waals surface area contributed by atoms with Crippen LogP contribution in [0.1, 0.15) is 11.1 Å². The van der Waals surface area contributed by atoms with E-state index in [9.17, 15) is 4.79 Å². The topological polar surface area (TPSA) is 50.4 Å². The lowest BCUT2D eigenvalue weighted by atomic mass is 10.1. The van der Waals surface area contributed by atoms with Crippen molar-refractivity contribution in [3.63, 3.8) is 0 Å². The van der Waals surface area contributed by atoms with Gasteiger partial charge in [0.25, 0.3) is 0 Å². The highest BCUT2D eigenvalue weighted by molar-refractivity contribution is 5.78. The van der Waals surface area contributed by atoms with Gasteiger partial charge < -0.3 is 15.4 Å². The maximum atomic E-state index is 11.3. The molecule has 0 aliphatic carbocycles. The first-order chi connectivity index (χ1) is 10.2. The summed E-state index contributed by atoms with van der Waals surface area (Å²) in [6.07, 6.45) is 0.406. The van der Waals surface area contributed by atoms with Gasteiger partial charge in [-0.25, -0.2) is 0 Å². The third-order valence-corrected chi connectivity index (χ3v) is 3.27. The van der Waals surface area contributed by atoms with Crippen molar-refractivity contribution >= 4 is 11.6 Å². The highest BCUT2D eigenvalue weighted by atomic mass is 16.5. The summed E-state index contributed by atoms with van der Waals surface area (Å²) >= 11 is 0. The molecule has 0 unspecified atom stereocenters. The third kappa shape index (κ3) is 4.24. The molecule has 4 nitrogen and oxygen atoms in total. The van der Waals surface area contributed by atoms with E-state index in [-0.39, 0.29) is 5.91 Å². The highest BCUT2D eigenvalue weighted by Crippen LogP contribution is 2.19. The summed E-state index contributed by atoms with van der Waals surface area (Å²) in [7, 11) is 3.32. The first-order valence-corrected chi connectivity index (χ1v) is 6.88. The van der Waals surface area contributed by atoms with Crippen LogP contribution in [-0.2, 0) is 17.8 Å². The Balaban J connectivity index is 1.96. The summed E-state index contributed by atoms with van der Waals surface area (Å²) < 4.78 is 5.32. The maximum Gasteiger partial charge on any atom is 0.224 e. The number of benzene rings is 2. The van der Waals surface area contributed by atoms with Gasteiger partial charge in [0.2, 0.25) is 5.91 Å². The second kappa shape index (κ2) is 7.33. The number of para-hydroxylation sites is 1. The molecule has 21 heavy (non-hydrogen) atoms. The van der Waals surface area contributed by atoms with Crippen LogP contribution in [0.15, 0.2) is 48.5 Å². The molecule has 0 fully saturated rings. The van der Waals surface area contributed by atoms with Gasteiger partial charge in [-0.3, -0.25) is 4.79 Å². The minimum Gasteiger partial charge on any atom is -0.496 e. The number of carbonyl (C=O) groups excluding carboxylic acids is 1. The molecule has 2 aromatic carbocycles. The van der Waals surface area contributed by atoms with Crippen molar-refractivity contribution < 1.29 is 9.53 Å². The first kappa shape index (κ1) is 14.9. The molecule has 0 saturated carbocycles. The summed E-state index contributed by atoms with van der Waals surface area (Å²) in [6.45, 7) is 0.693. The van der Waals surface area contributed by atoms with Crippen molar-refractivity contribution in [3.05, 3.63) is 59.7 Å². The van der Waals surface area contributed by atoms with E-state index in [2.05, 4.69) is 10.6 Å². The summed E-state index contributed by atoms with van der Waals surface area (Å²) in [5.74, 6) is 0.894. The SMILES string of the molecule is CNC(=O)Cc1ccc(NCc2ccccc2OC)cc1. The number of ether oxygens (including phenoxy) is 1. The molecule has 2 N–H and O–H groups in total. The van der Waals surface area contributed by atoms with Gasteiger partial charge in [-0.1, -0.05) is 30.3 Å². The number of nitrogens with one attached hydrogen (secondary N) is 2. The second-order valence-corrected chi connectivity index (χ2v) is 4.71. The quantitative estimate of drug-likeness (QED) is 0.857. The van der Waals surface area contributed by atoms with Gasteiger partial charge in [0.1, 0.15) is 5.75 Å². The monoisotopic (exact) mass is 284 g/mol. The smallest absolute Gasteiger partial charge is 0.224 e. The van der Waals surface area contributed by atoms with Crippen LogP contribution >= 0.6 is 0 Å². The fourth-order valence-corrected chi connectivity index (χ4v) is 2.06. The molecule has 0 spiro atoms. The molecule has 2 rings (SSSR count). The van der Waals surface area contributed by atoms with Crippen molar-refractivity contribution in [2.45, 2.75) is 13.0 Å². The minimum absolute atomic E-state index is 0.0183. The highest BCUT2D eigenvalue weighted by Gasteiger charge is 2.03. The number of methoxy groups -OCH3 is 1. The van der Waals surface area contributed by atoms with Gasteiger partial charge in [-0.2, -0.15) is 0 Å². The average Bonchev–Trinajstić information content (AvgIpc) is 2.54.